The summed E-state index contributed by atoms with van der Waals surface area (Å²) in [6, 6.07) is 1.73. The fraction of sp³-hybridized carbons (Fsp3) is 0.667. The summed E-state index contributed by atoms with van der Waals surface area (Å²) in [6.07, 6.45) is 3.71. The second-order valence-electron chi connectivity index (χ2n) is 4.54. The van der Waals surface area contributed by atoms with Crippen LogP contribution in [0.15, 0.2) is 12.3 Å². The maximum absolute atomic E-state index is 11.4. The largest absolute Gasteiger partial charge is 0.381 e. The van der Waals surface area contributed by atoms with Gasteiger partial charge in [-0.05, 0) is 25.8 Å². The molecule has 1 aliphatic heterocycles. The molecule has 2 heterocycles. The van der Waals surface area contributed by atoms with Gasteiger partial charge in [0.1, 0.15) is 5.82 Å². The molecule has 2 rings (SSSR count). The molecule has 0 aliphatic carbocycles. The van der Waals surface area contributed by atoms with E-state index in [2.05, 4.69) is 14.7 Å². The zero-order valence-corrected chi connectivity index (χ0v) is 11.8. The Hall–Kier alpha value is -1.05. The molecule has 0 saturated carbocycles. The maximum atomic E-state index is 11.4. The molecule has 106 valence electrons. The fourth-order valence-corrected chi connectivity index (χ4v) is 2.51. The summed E-state index contributed by atoms with van der Waals surface area (Å²) in [7, 11) is -3.19. The van der Waals surface area contributed by atoms with Crippen molar-refractivity contribution in [2.45, 2.75) is 32.2 Å². The van der Waals surface area contributed by atoms with Crippen molar-refractivity contribution in [1.82, 2.24) is 14.7 Å². The van der Waals surface area contributed by atoms with Crippen molar-refractivity contribution in [2.75, 3.05) is 19.0 Å². The van der Waals surface area contributed by atoms with Crippen LogP contribution in [0.25, 0.3) is 0 Å². The average molecular weight is 285 g/mol. The number of sulfonamides is 1. The predicted octanol–water partition coefficient (Wildman–Crippen LogP) is 0.810. The minimum Gasteiger partial charge on any atom is -0.381 e. The summed E-state index contributed by atoms with van der Waals surface area (Å²) in [5.41, 5.74) is 0.688. The molecule has 1 aliphatic rings. The van der Waals surface area contributed by atoms with Crippen molar-refractivity contribution in [1.29, 1.82) is 0 Å². The molecule has 0 amide bonds. The highest BCUT2D eigenvalue weighted by molar-refractivity contribution is 7.89. The first-order valence-electron chi connectivity index (χ1n) is 6.47. The van der Waals surface area contributed by atoms with Crippen molar-refractivity contribution in [3.05, 3.63) is 23.8 Å². The first kappa shape index (κ1) is 14.4. The van der Waals surface area contributed by atoms with E-state index in [0.29, 0.717) is 12.3 Å². The molecular formula is C12H19N3O3S. The van der Waals surface area contributed by atoms with E-state index in [9.17, 15) is 8.42 Å². The van der Waals surface area contributed by atoms with Crippen molar-refractivity contribution >= 4 is 10.0 Å². The van der Waals surface area contributed by atoms with Crippen LogP contribution in [-0.4, -0.2) is 37.4 Å². The lowest BCUT2D eigenvalue weighted by Crippen LogP contribution is -2.25. The summed E-state index contributed by atoms with van der Waals surface area (Å²) in [4.78, 5) is 8.68. The van der Waals surface area contributed by atoms with Crippen LogP contribution in [-0.2, 0) is 21.3 Å². The van der Waals surface area contributed by atoms with Gasteiger partial charge in [-0.1, -0.05) is 0 Å². The van der Waals surface area contributed by atoms with Crippen LogP contribution in [0, 0.1) is 0 Å². The Morgan fingerprint density at radius 2 is 2.37 bits per heavy atom. The molecule has 1 saturated heterocycles. The van der Waals surface area contributed by atoms with Crippen molar-refractivity contribution in [2.24, 2.45) is 0 Å². The molecule has 0 aromatic carbocycles. The Kier molecular flexibility index (Phi) is 4.84. The van der Waals surface area contributed by atoms with Crippen molar-refractivity contribution < 1.29 is 13.2 Å². The van der Waals surface area contributed by atoms with Crippen molar-refractivity contribution in [3.63, 3.8) is 0 Å². The highest BCUT2D eigenvalue weighted by Crippen LogP contribution is 2.22. The third kappa shape index (κ3) is 4.22. The monoisotopic (exact) mass is 285 g/mol. The smallest absolute Gasteiger partial charge is 0.211 e. The predicted molar refractivity (Wildman–Crippen MR) is 71.1 cm³/mol. The van der Waals surface area contributed by atoms with Gasteiger partial charge in [0.05, 0.1) is 24.6 Å². The number of aromatic nitrogens is 2. The number of ether oxygens (including phenoxy) is 1. The Balaban J connectivity index is 2.02. The topological polar surface area (TPSA) is 81.2 Å². The lowest BCUT2D eigenvalue weighted by molar-refractivity contribution is 0.0780. The minimum atomic E-state index is -3.19. The Morgan fingerprint density at radius 1 is 1.53 bits per heavy atom. The summed E-state index contributed by atoms with van der Waals surface area (Å²) in [5, 5.41) is 0. The van der Waals surface area contributed by atoms with E-state index in [4.69, 9.17) is 4.74 Å². The fourth-order valence-electron chi connectivity index (χ4n) is 1.94. The number of hydrogen-bond donors (Lipinski definition) is 1. The Labute approximate surface area is 113 Å². The van der Waals surface area contributed by atoms with Gasteiger partial charge >= 0.3 is 0 Å². The van der Waals surface area contributed by atoms with E-state index in [1.165, 1.54) is 0 Å². The van der Waals surface area contributed by atoms with E-state index in [1.807, 2.05) is 0 Å². The number of nitrogens with one attached hydrogen (secondary N) is 1. The van der Waals surface area contributed by atoms with Crippen LogP contribution >= 0.6 is 0 Å². The highest BCUT2D eigenvalue weighted by atomic mass is 32.2. The third-order valence-electron chi connectivity index (χ3n) is 3.11. The lowest BCUT2D eigenvalue weighted by Gasteiger charge is -2.20. The van der Waals surface area contributed by atoms with Gasteiger partial charge in [0.15, 0.2) is 0 Å². The van der Waals surface area contributed by atoms with Crippen LogP contribution in [0.3, 0.4) is 0 Å². The highest BCUT2D eigenvalue weighted by Gasteiger charge is 2.19. The molecule has 1 atom stereocenters. The molecule has 6 nitrogen and oxygen atoms in total. The first-order valence-corrected chi connectivity index (χ1v) is 8.13. The SMILES string of the molecule is CCS(=O)(=O)NCc1ccnc(C2CCCOC2)n1. The van der Waals surface area contributed by atoms with Gasteiger partial charge in [0.25, 0.3) is 0 Å². The molecule has 1 N–H and O–H groups in total. The van der Waals surface area contributed by atoms with Crippen LogP contribution < -0.4 is 4.72 Å². The molecule has 19 heavy (non-hydrogen) atoms. The molecular weight excluding hydrogens is 266 g/mol. The standard InChI is InChI=1S/C12H19N3O3S/c1-2-19(16,17)14-8-11-5-6-13-12(15-11)10-4-3-7-18-9-10/h5-6,10,14H,2-4,7-9H2,1H3. The van der Waals surface area contributed by atoms with Crippen LogP contribution in [0.2, 0.25) is 0 Å². The quantitative estimate of drug-likeness (QED) is 0.866. The van der Waals surface area contributed by atoms with Gasteiger partial charge in [-0.15, -0.1) is 0 Å². The second-order valence-corrected chi connectivity index (χ2v) is 6.64. The summed E-state index contributed by atoms with van der Waals surface area (Å²) in [6.45, 7) is 3.25. The molecule has 1 unspecified atom stereocenters. The summed E-state index contributed by atoms with van der Waals surface area (Å²) in [5.74, 6) is 1.03. The minimum absolute atomic E-state index is 0.0708. The van der Waals surface area contributed by atoms with Crippen LogP contribution in [0.4, 0.5) is 0 Å². The second kappa shape index (κ2) is 6.40. The lowest BCUT2D eigenvalue weighted by atomic mass is 10.0. The molecule has 1 aromatic heterocycles. The molecule has 0 radical (unpaired) electrons. The first-order chi connectivity index (χ1) is 9.11. The van der Waals surface area contributed by atoms with E-state index < -0.39 is 10.0 Å². The van der Waals surface area contributed by atoms with E-state index in [0.717, 1.165) is 25.3 Å². The van der Waals surface area contributed by atoms with Gasteiger partial charge in [0, 0.05) is 18.7 Å². The van der Waals surface area contributed by atoms with Crippen LogP contribution in [0.1, 0.15) is 37.2 Å². The number of rotatable bonds is 5. The molecule has 7 heteroatoms. The van der Waals surface area contributed by atoms with Gasteiger partial charge in [-0.2, -0.15) is 0 Å². The van der Waals surface area contributed by atoms with Gasteiger partial charge < -0.3 is 4.74 Å². The zero-order chi connectivity index (χ0) is 13.7. The van der Waals surface area contributed by atoms with Gasteiger partial charge in [0.2, 0.25) is 10.0 Å². The van der Waals surface area contributed by atoms with Gasteiger partial charge in [-0.25, -0.2) is 23.1 Å². The summed E-state index contributed by atoms with van der Waals surface area (Å²) < 4.78 is 30.7. The van der Waals surface area contributed by atoms with Crippen molar-refractivity contribution in [3.8, 4) is 0 Å². The van der Waals surface area contributed by atoms with E-state index in [1.54, 1.807) is 19.2 Å². The van der Waals surface area contributed by atoms with E-state index in [-0.39, 0.29) is 18.2 Å². The van der Waals surface area contributed by atoms with E-state index >= 15 is 0 Å². The zero-order valence-electron chi connectivity index (χ0n) is 11.0. The number of nitrogens with zero attached hydrogens (tertiary/aromatic N) is 2. The molecule has 0 spiro atoms. The van der Waals surface area contributed by atoms with Crippen LogP contribution in [0.5, 0.6) is 0 Å². The Morgan fingerprint density at radius 3 is 3.05 bits per heavy atom. The molecule has 1 fully saturated rings. The summed E-state index contributed by atoms with van der Waals surface area (Å²) >= 11 is 0. The molecule has 0 bridgehead atoms. The normalized spacial score (nSPS) is 20.4. The third-order valence-corrected chi connectivity index (χ3v) is 4.45. The van der Waals surface area contributed by atoms with Gasteiger partial charge in [-0.3, -0.25) is 0 Å². The average Bonchev–Trinajstić information content (AvgIpc) is 2.47. The maximum Gasteiger partial charge on any atom is 0.211 e. The Bertz CT molecular complexity index is 513. The number of hydrogen-bond acceptors (Lipinski definition) is 5. The molecule has 1 aromatic rings.